The van der Waals surface area contributed by atoms with Gasteiger partial charge >= 0.3 is 0 Å². The summed E-state index contributed by atoms with van der Waals surface area (Å²) in [6.45, 7) is 6.91. The molecule has 0 radical (unpaired) electrons. The van der Waals surface area contributed by atoms with E-state index in [0.29, 0.717) is 5.41 Å². The quantitative estimate of drug-likeness (QED) is 0.680. The molecule has 1 aliphatic rings. The molecule has 19 heavy (non-hydrogen) atoms. The van der Waals surface area contributed by atoms with Gasteiger partial charge in [-0.3, -0.25) is 0 Å². The van der Waals surface area contributed by atoms with Crippen LogP contribution in [0.1, 0.15) is 33.1 Å². The molecule has 2 heterocycles. The zero-order valence-corrected chi connectivity index (χ0v) is 13.2. The second-order valence-corrected chi connectivity index (χ2v) is 6.63. The fourth-order valence-electron chi connectivity index (χ4n) is 2.45. The summed E-state index contributed by atoms with van der Waals surface area (Å²) in [4.78, 5) is 11.5. The molecule has 0 spiro atoms. The van der Waals surface area contributed by atoms with Crippen LogP contribution in [0.15, 0.2) is 11.2 Å². The van der Waals surface area contributed by atoms with Crippen LogP contribution in [0, 0.1) is 5.41 Å². The van der Waals surface area contributed by atoms with Crippen LogP contribution in [0.5, 0.6) is 0 Å². The van der Waals surface area contributed by atoms with E-state index >= 15 is 0 Å². The molecule has 5 heteroatoms. The first-order valence-electron chi connectivity index (χ1n) is 6.90. The molecule has 0 atom stereocenters. The Morgan fingerprint density at radius 2 is 2.05 bits per heavy atom. The largest absolute Gasteiger partial charge is 0.373 e. The van der Waals surface area contributed by atoms with Crippen LogP contribution >= 0.6 is 11.8 Å². The topological polar surface area (TPSA) is 41.0 Å². The number of nitrogens with zero attached hydrogens (tertiary/aromatic N) is 3. The van der Waals surface area contributed by atoms with Gasteiger partial charge in [-0.05, 0) is 30.9 Å². The number of anilines is 2. The second kappa shape index (κ2) is 5.99. The molecule has 0 unspecified atom stereocenters. The summed E-state index contributed by atoms with van der Waals surface area (Å²) in [6, 6.07) is 2.05. The number of nitrogens with one attached hydrogen (secondary N) is 1. The molecule has 106 valence electrons. The normalized spacial score (nSPS) is 19.1. The molecule has 1 aliphatic heterocycles. The molecular weight excluding hydrogens is 256 g/mol. The summed E-state index contributed by atoms with van der Waals surface area (Å²) < 4.78 is 0. The van der Waals surface area contributed by atoms with Crippen molar-refractivity contribution in [2.45, 2.75) is 38.3 Å². The van der Waals surface area contributed by atoms with Crippen molar-refractivity contribution < 1.29 is 0 Å². The average molecular weight is 280 g/mol. The van der Waals surface area contributed by atoms with Crippen molar-refractivity contribution in [1.29, 1.82) is 0 Å². The molecule has 1 N–H and O–H groups in total. The lowest BCUT2D eigenvalue weighted by molar-refractivity contribution is 0.325. The highest BCUT2D eigenvalue weighted by molar-refractivity contribution is 7.98. The van der Waals surface area contributed by atoms with Crippen molar-refractivity contribution >= 4 is 23.4 Å². The van der Waals surface area contributed by atoms with Crippen molar-refractivity contribution in [3.63, 3.8) is 0 Å². The molecule has 2 rings (SSSR count). The van der Waals surface area contributed by atoms with Gasteiger partial charge in [0.05, 0.1) is 0 Å². The Morgan fingerprint density at radius 3 is 2.74 bits per heavy atom. The second-order valence-electron chi connectivity index (χ2n) is 5.85. The Labute approximate surface area is 120 Å². The highest BCUT2D eigenvalue weighted by Gasteiger charge is 2.24. The minimum Gasteiger partial charge on any atom is -0.373 e. The maximum atomic E-state index is 4.65. The summed E-state index contributed by atoms with van der Waals surface area (Å²) in [5.41, 5.74) is 0.454. The van der Waals surface area contributed by atoms with Gasteiger partial charge in [-0.1, -0.05) is 25.6 Å². The number of aromatic nitrogens is 2. The van der Waals surface area contributed by atoms with Gasteiger partial charge in [0.1, 0.15) is 11.6 Å². The van der Waals surface area contributed by atoms with Crippen molar-refractivity contribution in [1.82, 2.24) is 9.97 Å². The van der Waals surface area contributed by atoms with Gasteiger partial charge in [0, 0.05) is 26.2 Å². The Morgan fingerprint density at radius 1 is 1.26 bits per heavy atom. The first kappa shape index (κ1) is 14.4. The molecule has 0 saturated carbocycles. The van der Waals surface area contributed by atoms with Crippen LogP contribution in [-0.2, 0) is 0 Å². The fourth-order valence-corrected chi connectivity index (χ4v) is 2.82. The van der Waals surface area contributed by atoms with E-state index in [-0.39, 0.29) is 0 Å². The zero-order valence-electron chi connectivity index (χ0n) is 12.4. The standard InChI is InChI=1S/C14H24N4S/c1-14(2)6-5-8-18(9-7-14)12-10-11(15-3)16-13(17-12)19-4/h10H,5-9H2,1-4H3,(H,15,16,17). The van der Waals surface area contributed by atoms with E-state index in [9.17, 15) is 0 Å². The maximum Gasteiger partial charge on any atom is 0.191 e. The summed E-state index contributed by atoms with van der Waals surface area (Å²) in [5.74, 6) is 1.96. The average Bonchev–Trinajstić information content (AvgIpc) is 2.59. The third-order valence-corrected chi connectivity index (χ3v) is 4.34. The van der Waals surface area contributed by atoms with Crippen molar-refractivity contribution in [2.24, 2.45) is 5.41 Å². The molecule has 0 aromatic carbocycles. The predicted molar refractivity (Wildman–Crippen MR) is 83.2 cm³/mol. The van der Waals surface area contributed by atoms with Gasteiger partial charge in [0.2, 0.25) is 0 Å². The number of thioether (sulfide) groups is 1. The van der Waals surface area contributed by atoms with E-state index < -0.39 is 0 Å². The molecule has 1 saturated heterocycles. The summed E-state index contributed by atoms with van der Waals surface area (Å²) in [5, 5.41) is 3.96. The first-order valence-corrected chi connectivity index (χ1v) is 8.12. The van der Waals surface area contributed by atoms with Crippen LogP contribution in [0.3, 0.4) is 0 Å². The van der Waals surface area contributed by atoms with Gasteiger partial charge in [-0.15, -0.1) is 0 Å². The van der Waals surface area contributed by atoms with Gasteiger partial charge in [-0.2, -0.15) is 0 Å². The molecule has 4 nitrogen and oxygen atoms in total. The van der Waals surface area contributed by atoms with Gasteiger partial charge in [0.15, 0.2) is 5.16 Å². The lowest BCUT2D eigenvalue weighted by atomic mass is 9.85. The Hall–Kier alpha value is -0.970. The molecule has 0 aliphatic carbocycles. The highest BCUT2D eigenvalue weighted by Crippen LogP contribution is 2.31. The van der Waals surface area contributed by atoms with Gasteiger partial charge in [-0.25, -0.2) is 9.97 Å². The number of rotatable bonds is 3. The van der Waals surface area contributed by atoms with Gasteiger partial charge in [0.25, 0.3) is 0 Å². The lowest BCUT2D eigenvalue weighted by Gasteiger charge is -2.24. The molecule has 1 aromatic heterocycles. The van der Waals surface area contributed by atoms with E-state index in [0.717, 1.165) is 29.9 Å². The van der Waals surface area contributed by atoms with Crippen molar-refractivity contribution in [3.05, 3.63) is 6.07 Å². The molecule has 0 amide bonds. The summed E-state index contributed by atoms with van der Waals surface area (Å²) >= 11 is 1.59. The maximum absolute atomic E-state index is 4.65. The summed E-state index contributed by atoms with van der Waals surface area (Å²) in [7, 11) is 1.90. The molecule has 1 aromatic rings. The van der Waals surface area contributed by atoms with Gasteiger partial charge < -0.3 is 10.2 Å². The van der Waals surface area contributed by atoms with Crippen molar-refractivity contribution in [2.75, 3.05) is 36.6 Å². The minimum atomic E-state index is 0.454. The zero-order chi connectivity index (χ0) is 13.9. The number of hydrogen-bond donors (Lipinski definition) is 1. The Balaban J connectivity index is 2.21. The molecular formula is C14H24N4S. The van der Waals surface area contributed by atoms with E-state index in [1.54, 1.807) is 11.8 Å². The van der Waals surface area contributed by atoms with E-state index in [1.165, 1.54) is 19.3 Å². The van der Waals surface area contributed by atoms with Crippen LogP contribution in [0.2, 0.25) is 0 Å². The minimum absolute atomic E-state index is 0.454. The van der Waals surface area contributed by atoms with Crippen molar-refractivity contribution in [3.8, 4) is 0 Å². The van der Waals surface area contributed by atoms with Crippen LogP contribution in [-0.4, -0.2) is 36.4 Å². The van der Waals surface area contributed by atoms with E-state index in [4.69, 9.17) is 0 Å². The first-order chi connectivity index (χ1) is 9.04. The smallest absolute Gasteiger partial charge is 0.191 e. The fraction of sp³-hybridized carbons (Fsp3) is 0.714. The van der Waals surface area contributed by atoms with Crippen LogP contribution < -0.4 is 10.2 Å². The molecule has 0 bridgehead atoms. The predicted octanol–water partition coefficient (Wildman–Crippen LogP) is 3.26. The summed E-state index contributed by atoms with van der Waals surface area (Å²) in [6.07, 6.45) is 5.77. The lowest BCUT2D eigenvalue weighted by Crippen LogP contribution is -2.26. The SMILES string of the molecule is CNc1cc(N2CCCC(C)(C)CC2)nc(SC)n1. The Bertz CT molecular complexity index is 411. The monoisotopic (exact) mass is 280 g/mol. The third kappa shape index (κ3) is 3.75. The van der Waals surface area contributed by atoms with E-state index in [1.807, 2.05) is 13.3 Å². The molecule has 1 fully saturated rings. The number of hydrogen-bond acceptors (Lipinski definition) is 5. The third-order valence-electron chi connectivity index (χ3n) is 3.79. The van der Waals surface area contributed by atoms with Crippen LogP contribution in [0.25, 0.3) is 0 Å². The Kier molecular flexibility index (Phi) is 4.55. The van der Waals surface area contributed by atoms with E-state index in [2.05, 4.69) is 40.1 Å². The van der Waals surface area contributed by atoms with Crippen LogP contribution in [0.4, 0.5) is 11.6 Å². The highest BCUT2D eigenvalue weighted by atomic mass is 32.2.